The van der Waals surface area contributed by atoms with E-state index in [1.165, 1.54) is 4.90 Å². The van der Waals surface area contributed by atoms with Crippen molar-refractivity contribution in [2.45, 2.75) is 45.1 Å². The van der Waals surface area contributed by atoms with Gasteiger partial charge in [0, 0.05) is 24.4 Å². The lowest BCUT2D eigenvalue weighted by Gasteiger charge is -2.19. The Hall–Kier alpha value is -2.37. The van der Waals surface area contributed by atoms with Gasteiger partial charge in [-0.1, -0.05) is 6.92 Å². The predicted molar refractivity (Wildman–Crippen MR) is 88.2 cm³/mol. The summed E-state index contributed by atoms with van der Waals surface area (Å²) in [5.41, 5.74) is 0.530. The minimum absolute atomic E-state index is 0.0266. The topological polar surface area (TPSA) is 83.9 Å². The smallest absolute Gasteiger partial charge is 0.323 e. The van der Waals surface area contributed by atoms with Crippen LogP contribution in [0.5, 0.6) is 5.75 Å². The molecule has 1 saturated carbocycles. The fourth-order valence-corrected chi connectivity index (χ4v) is 2.42. The fraction of sp³-hybridized carbons (Fsp3) is 0.500. The maximum Gasteiger partial charge on any atom is 0.323 e. The van der Waals surface area contributed by atoms with E-state index in [4.69, 9.17) is 9.84 Å². The van der Waals surface area contributed by atoms with Crippen LogP contribution in [-0.2, 0) is 9.59 Å². The summed E-state index contributed by atoms with van der Waals surface area (Å²) < 4.78 is 5.46. The van der Waals surface area contributed by atoms with E-state index in [1.54, 1.807) is 24.3 Å². The average molecular weight is 333 g/mol. The molecule has 0 heterocycles. The van der Waals surface area contributed by atoms with Crippen LogP contribution < -0.4 is 4.74 Å². The SMILES string of the molecule is CCCOc1ccc(C(=O)CCC(=O)N(CC(=O)O)C2CC2)cc1. The molecule has 130 valence electrons. The monoisotopic (exact) mass is 333 g/mol. The van der Waals surface area contributed by atoms with Crippen LogP contribution in [0, 0.1) is 0 Å². The second kappa shape index (κ2) is 8.47. The van der Waals surface area contributed by atoms with Crippen LogP contribution in [0.1, 0.15) is 49.4 Å². The molecule has 0 atom stereocenters. The molecule has 6 nitrogen and oxygen atoms in total. The highest BCUT2D eigenvalue weighted by Gasteiger charge is 2.33. The summed E-state index contributed by atoms with van der Waals surface area (Å²) in [5, 5.41) is 8.88. The average Bonchev–Trinajstić information content (AvgIpc) is 3.40. The maximum absolute atomic E-state index is 12.2. The summed E-state index contributed by atoms with van der Waals surface area (Å²) in [6.07, 6.45) is 2.71. The lowest BCUT2D eigenvalue weighted by Crippen LogP contribution is -2.37. The first kappa shape index (κ1) is 18.0. The van der Waals surface area contributed by atoms with Gasteiger partial charge in [-0.3, -0.25) is 14.4 Å². The number of carbonyl (C=O) groups excluding carboxylic acids is 2. The third kappa shape index (κ3) is 5.37. The summed E-state index contributed by atoms with van der Waals surface area (Å²) in [6.45, 7) is 2.35. The highest BCUT2D eigenvalue weighted by atomic mass is 16.5. The van der Waals surface area contributed by atoms with Crippen molar-refractivity contribution < 1.29 is 24.2 Å². The highest BCUT2D eigenvalue weighted by Crippen LogP contribution is 2.27. The van der Waals surface area contributed by atoms with E-state index < -0.39 is 5.97 Å². The minimum Gasteiger partial charge on any atom is -0.494 e. The molecule has 1 aliphatic rings. The van der Waals surface area contributed by atoms with E-state index in [0.717, 1.165) is 19.3 Å². The van der Waals surface area contributed by atoms with Crippen LogP contribution >= 0.6 is 0 Å². The van der Waals surface area contributed by atoms with Crippen LogP contribution in [0.2, 0.25) is 0 Å². The lowest BCUT2D eigenvalue weighted by molar-refractivity contribution is -0.144. The molecule has 1 fully saturated rings. The number of ketones is 1. The number of ether oxygens (including phenoxy) is 1. The Kier molecular flexibility index (Phi) is 6.35. The van der Waals surface area contributed by atoms with Gasteiger partial charge < -0.3 is 14.7 Å². The molecule has 2 rings (SSSR count). The Bertz CT molecular complexity index is 592. The molecule has 1 aliphatic carbocycles. The van der Waals surface area contributed by atoms with Crippen molar-refractivity contribution in [1.29, 1.82) is 0 Å². The first-order valence-corrected chi connectivity index (χ1v) is 8.28. The number of rotatable bonds is 10. The van der Waals surface area contributed by atoms with Crippen molar-refractivity contribution in [3.8, 4) is 5.75 Å². The first-order valence-electron chi connectivity index (χ1n) is 8.28. The number of carboxylic acids is 1. The normalized spacial score (nSPS) is 13.4. The fourth-order valence-electron chi connectivity index (χ4n) is 2.42. The molecule has 0 radical (unpaired) electrons. The highest BCUT2D eigenvalue weighted by molar-refractivity contribution is 5.98. The van der Waals surface area contributed by atoms with Crippen molar-refractivity contribution in [2.24, 2.45) is 0 Å². The zero-order valence-electron chi connectivity index (χ0n) is 13.9. The Morgan fingerprint density at radius 1 is 1.17 bits per heavy atom. The van der Waals surface area contributed by atoms with Crippen LogP contribution in [-0.4, -0.2) is 46.9 Å². The molecule has 1 N–H and O–H groups in total. The van der Waals surface area contributed by atoms with Crippen LogP contribution in [0.25, 0.3) is 0 Å². The van der Waals surface area contributed by atoms with Gasteiger partial charge in [0.1, 0.15) is 12.3 Å². The van der Waals surface area contributed by atoms with Gasteiger partial charge in [-0.15, -0.1) is 0 Å². The van der Waals surface area contributed by atoms with E-state index in [1.807, 2.05) is 6.92 Å². The third-order valence-electron chi connectivity index (χ3n) is 3.83. The Morgan fingerprint density at radius 3 is 2.38 bits per heavy atom. The molecule has 0 spiro atoms. The van der Waals surface area contributed by atoms with Crippen molar-refractivity contribution in [3.05, 3.63) is 29.8 Å². The van der Waals surface area contributed by atoms with Crippen molar-refractivity contribution in [2.75, 3.05) is 13.2 Å². The van der Waals surface area contributed by atoms with E-state index in [9.17, 15) is 14.4 Å². The number of carbonyl (C=O) groups is 3. The molecular weight excluding hydrogens is 310 g/mol. The van der Waals surface area contributed by atoms with Gasteiger partial charge in [-0.2, -0.15) is 0 Å². The van der Waals surface area contributed by atoms with E-state index in [-0.39, 0.29) is 37.1 Å². The largest absolute Gasteiger partial charge is 0.494 e. The molecule has 0 unspecified atom stereocenters. The minimum atomic E-state index is -1.02. The summed E-state index contributed by atoms with van der Waals surface area (Å²) in [5.74, 6) is -0.706. The number of benzene rings is 1. The van der Waals surface area contributed by atoms with Gasteiger partial charge in [0.2, 0.25) is 5.91 Å². The molecule has 1 aromatic rings. The number of nitrogens with zero attached hydrogens (tertiary/aromatic N) is 1. The zero-order valence-corrected chi connectivity index (χ0v) is 13.9. The number of carboxylic acid groups (broad SMARTS) is 1. The van der Waals surface area contributed by atoms with Crippen LogP contribution in [0.15, 0.2) is 24.3 Å². The summed E-state index contributed by atoms with van der Waals surface area (Å²) in [4.78, 5) is 36.5. The Labute approximate surface area is 141 Å². The second-order valence-electron chi connectivity index (χ2n) is 5.94. The van der Waals surface area contributed by atoms with Gasteiger partial charge in [-0.25, -0.2) is 0 Å². The molecule has 24 heavy (non-hydrogen) atoms. The summed E-state index contributed by atoms with van der Waals surface area (Å²) >= 11 is 0. The molecular formula is C18H23NO5. The molecule has 0 aromatic heterocycles. The molecule has 0 bridgehead atoms. The lowest BCUT2D eigenvalue weighted by atomic mass is 10.1. The van der Waals surface area contributed by atoms with Crippen LogP contribution in [0.3, 0.4) is 0 Å². The standard InChI is InChI=1S/C18H23NO5/c1-2-11-24-15-7-3-13(4-8-15)16(20)9-10-17(21)19(12-18(22)23)14-5-6-14/h3-4,7-8,14H,2,5-6,9-12H2,1H3,(H,22,23). The number of hydrogen-bond acceptors (Lipinski definition) is 4. The van der Waals surface area contributed by atoms with Gasteiger partial charge in [0.25, 0.3) is 0 Å². The molecule has 6 heteroatoms. The van der Waals surface area contributed by atoms with Gasteiger partial charge in [0.15, 0.2) is 5.78 Å². The molecule has 0 saturated heterocycles. The molecule has 1 aromatic carbocycles. The van der Waals surface area contributed by atoms with E-state index >= 15 is 0 Å². The van der Waals surface area contributed by atoms with E-state index in [0.29, 0.717) is 17.9 Å². The number of hydrogen-bond donors (Lipinski definition) is 1. The van der Waals surface area contributed by atoms with Crippen molar-refractivity contribution in [3.63, 3.8) is 0 Å². The quantitative estimate of drug-likeness (QED) is 0.665. The second-order valence-corrected chi connectivity index (χ2v) is 5.94. The number of aliphatic carboxylic acids is 1. The summed E-state index contributed by atoms with van der Waals surface area (Å²) in [6, 6.07) is 6.89. The molecule has 1 amide bonds. The summed E-state index contributed by atoms with van der Waals surface area (Å²) in [7, 11) is 0. The Morgan fingerprint density at radius 2 is 1.83 bits per heavy atom. The zero-order chi connectivity index (χ0) is 17.5. The van der Waals surface area contributed by atoms with E-state index in [2.05, 4.69) is 0 Å². The van der Waals surface area contributed by atoms with Crippen molar-refractivity contribution >= 4 is 17.7 Å². The van der Waals surface area contributed by atoms with Gasteiger partial charge in [-0.05, 0) is 43.5 Å². The molecule has 0 aliphatic heterocycles. The van der Waals surface area contributed by atoms with Crippen LogP contribution in [0.4, 0.5) is 0 Å². The third-order valence-corrected chi connectivity index (χ3v) is 3.83. The first-order chi connectivity index (χ1) is 11.5. The van der Waals surface area contributed by atoms with Gasteiger partial charge >= 0.3 is 5.97 Å². The number of amides is 1. The predicted octanol–water partition coefficient (Wildman–Crippen LogP) is 2.51. The Balaban J connectivity index is 1.85. The van der Waals surface area contributed by atoms with Gasteiger partial charge in [0.05, 0.1) is 6.61 Å². The van der Waals surface area contributed by atoms with Crippen molar-refractivity contribution in [1.82, 2.24) is 4.90 Å². The number of Topliss-reactive ketones (excluding diaryl/α,β-unsaturated/α-hetero) is 1. The maximum atomic E-state index is 12.2.